The molecule has 16 heteroatoms. The van der Waals surface area contributed by atoms with Crippen molar-refractivity contribution < 1.29 is 32.2 Å². The first kappa shape index (κ1) is 30.2. The third-order valence-corrected chi connectivity index (χ3v) is 5.95. The second-order valence-electron chi connectivity index (χ2n) is 7.82. The number of nitriles is 1. The molecular formula is C24H22Cl2F3N7O4. The van der Waals surface area contributed by atoms with Gasteiger partial charge in [0, 0.05) is 17.2 Å². The maximum Gasteiger partial charge on any atom is 0.573 e. The van der Waals surface area contributed by atoms with Crippen molar-refractivity contribution in [3.05, 3.63) is 64.2 Å². The first-order valence-corrected chi connectivity index (χ1v) is 12.0. The minimum absolute atomic E-state index is 0.00192. The highest BCUT2D eigenvalue weighted by molar-refractivity contribution is 6.43. The number of aliphatic imine (C=N–C) groups is 2. The van der Waals surface area contributed by atoms with Gasteiger partial charge in [0.1, 0.15) is 36.3 Å². The van der Waals surface area contributed by atoms with Gasteiger partial charge in [-0.05, 0) is 31.2 Å². The fourth-order valence-corrected chi connectivity index (χ4v) is 3.99. The lowest BCUT2D eigenvalue weighted by molar-refractivity contribution is -0.274. The maximum atomic E-state index is 12.7. The number of carbonyl (C=O) groups is 1. The molecule has 0 fully saturated rings. The summed E-state index contributed by atoms with van der Waals surface area (Å²) in [5.74, 6) is -0.273. The lowest BCUT2D eigenvalue weighted by Gasteiger charge is -2.22. The smallest absolute Gasteiger partial charge is 0.494 e. The van der Waals surface area contributed by atoms with E-state index in [1.807, 2.05) is 0 Å². The number of hydrazine groups is 1. The van der Waals surface area contributed by atoms with E-state index in [1.54, 1.807) is 19.2 Å². The molecule has 1 aliphatic rings. The van der Waals surface area contributed by atoms with Crippen LogP contribution in [0.5, 0.6) is 11.5 Å². The number of hydrogen-bond donors (Lipinski definition) is 3. The van der Waals surface area contributed by atoms with Crippen LogP contribution in [0, 0.1) is 11.5 Å². The Hall–Kier alpha value is -4.35. The molecule has 0 spiro atoms. The van der Waals surface area contributed by atoms with Gasteiger partial charge < -0.3 is 19.5 Å². The van der Waals surface area contributed by atoms with Crippen molar-refractivity contribution in [3.8, 4) is 17.7 Å². The Morgan fingerprint density at radius 1 is 1.38 bits per heavy atom. The Morgan fingerprint density at radius 3 is 2.77 bits per heavy atom. The summed E-state index contributed by atoms with van der Waals surface area (Å²) in [6.07, 6.45) is -2.50. The van der Waals surface area contributed by atoms with Crippen molar-refractivity contribution in [2.24, 2.45) is 9.98 Å². The van der Waals surface area contributed by atoms with Crippen LogP contribution in [0.4, 0.5) is 23.7 Å². The van der Waals surface area contributed by atoms with Crippen molar-refractivity contribution in [2.75, 3.05) is 20.4 Å². The normalized spacial score (nSPS) is 13.9. The van der Waals surface area contributed by atoms with Crippen molar-refractivity contribution in [1.82, 2.24) is 21.1 Å². The van der Waals surface area contributed by atoms with E-state index < -0.39 is 24.2 Å². The van der Waals surface area contributed by atoms with Crippen LogP contribution in [-0.4, -0.2) is 49.6 Å². The van der Waals surface area contributed by atoms with Gasteiger partial charge in [-0.3, -0.25) is 10.7 Å². The Morgan fingerprint density at radius 2 is 2.12 bits per heavy atom. The molecule has 1 heterocycles. The third-order valence-electron chi connectivity index (χ3n) is 5.13. The molecule has 0 saturated heterocycles. The molecule has 2 aromatic carbocycles. The Balaban J connectivity index is 1.92. The van der Waals surface area contributed by atoms with Crippen LogP contribution in [0.25, 0.3) is 0 Å². The molecule has 1 amide bonds. The van der Waals surface area contributed by atoms with Gasteiger partial charge in [-0.15, -0.1) is 13.2 Å². The summed E-state index contributed by atoms with van der Waals surface area (Å²) < 4.78 is 52.3. The van der Waals surface area contributed by atoms with Crippen molar-refractivity contribution >= 4 is 46.8 Å². The highest BCUT2D eigenvalue weighted by Crippen LogP contribution is 2.35. The molecule has 11 nitrogen and oxygen atoms in total. The number of methoxy groups -OCH3 is 1. The van der Waals surface area contributed by atoms with Crippen LogP contribution in [0.2, 0.25) is 10.0 Å². The largest absolute Gasteiger partial charge is 0.573 e. The van der Waals surface area contributed by atoms with E-state index in [2.05, 4.69) is 37.4 Å². The second kappa shape index (κ2) is 13.1. The second-order valence-corrected chi connectivity index (χ2v) is 8.60. The molecule has 1 aliphatic heterocycles. The molecule has 1 atom stereocenters. The van der Waals surface area contributed by atoms with Gasteiger partial charge in [-0.1, -0.05) is 35.9 Å². The summed E-state index contributed by atoms with van der Waals surface area (Å²) in [4.78, 5) is 20.8. The van der Waals surface area contributed by atoms with Gasteiger partial charge >= 0.3 is 12.5 Å². The average molecular weight is 600 g/mol. The van der Waals surface area contributed by atoms with Gasteiger partial charge in [0.15, 0.2) is 6.19 Å². The number of alkyl halides is 3. The highest BCUT2D eigenvalue weighted by atomic mass is 35.5. The van der Waals surface area contributed by atoms with Crippen LogP contribution < -0.4 is 25.5 Å². The summed E-state index contributed by atoms with van der Waals surface area (Å²) in [7, 11) is 1.31. The summed E-state index contributed by atoms with van der Waals surface area (Å²) >= 11 is 12.7. The zero-order chi connectivity index (χ0) is 29.4. The standard InChI is InChI=1S/C24H22Cl2F3N7O4/c1-4-9-39-23(37)33-13(2)19-15(6-7-16(25)20(19)26)21-32-12-36(35-21)22(31-11-30)34-17-10-14(40-24(27,28)29)5-8-18(17)38-3/h4-8,10,13H,1,9,12H2,2-3H3,(H,31,34)(H,32,35)(H,33,37). The lowest BCUT2D eigenvalue weighted by atomic mass is 10.0. The topological polar surface area (TPSA) is 133 Å². The maximum absolute atomic E-state index is 12.7. The van der Waals surface area contributed by atoms with Gasteiger partial charge in [-0.25, -0.2) is 19.8 Å². The SMILES string of the molecule is C=CCOC(=O)NC(C)c1c(C2=NCN(C(=Nc3cc(OC(F)(F)F)ccc3OC)NC#N)N2)ccc(Cl)c1Cl. The molecule has 2 aromatic rings. The fraction of sp³-hybridized carbons (Fsp3) is 0.250. The Kier molecular flexibility index (Phi) is 9.92. The molecule has 0 aromatic heterocycles. The molecule has 212 valence electrons. The zero-order valence-electron chi connectivity index (χ0n) is 21.0. The van der Waals surface area contributed by atoms with E-state index in [0.717, 1.165) is 12.1 Å². The molecule has 1 unspecified atom stereocenters. The number of ether oxygens (including phenoxy) is 3. The van der Waals surface area contributed by atoms with E-state index in [9.17, 15) is 23.2 Å². The Labute approximate surface area is 236 Å². The summed E-state index contributed by atoms with van der Waals surface area (Å²) in [5, 5.41) is 16.0. The van der Waals surface area contributed by atoms with E-state index >= 15 is 0 Å². The number of nitrogens with one attached hydrogen (secondary N) is 3. The average Bonchev–Trinajstić information content (AvgIpc) is 3.38. The van der Waals surface area contributed by atoms with Crippen LogP contribution in [-0.2, 0) is 4.74 Å². The van der Waals surface area contributed by atoms with Crippen molar-refractivity contribution in [2.45, 2.75) is 19.3 Å². The van der Waals surface area contributed by atoms with E-state index in [1.165, 1.54) is 30.3 Å². The monoisotopic (exact) mass is 599 g/mol. The number of rotatable bonds is 8. The molecule has 0 radical (unpaired) electrons. The predicted octanol–water partition coefficient (Wildman–Crippen LogP) is 5.16. The number of amidine groups is 1. The van der Waals surface area contributed by atoms with Crippen LogP contribution >= 0.6 is 23.2 Å². The van der Waals surface area contributed by atoms with Crippen molar-refractivity contribution in [3.63, 3.8) is 0 Å². The van der Waals surface area contributed by atoms with E-state index in [4.69, 9.17) is 32.7 Å². The molecule has 40 heavy (non-hydrogen) atoms. The van der Waals surface area contributed by atoms with Gasteiger partial charge in [0.05, 0.1) is 23.2 Å². The molecule has 0 saturated carbocycles. The highest BCUT2D eigenvalue weighted by Gasteiger charge is 2.32. The van der Waals surface area contributed by atoms with Gasteiger partial charge in [-0.2, -0.15) is 5.26 Å². The summed E-state index contributed by atoms with van der Waals surface area (Å²) in [5.41, 5.74) is 3.77. The Bertz CT molecular complexity index is 1380. The van der Waals surface area contributed by atoms with E-state index in [-0.39, 0.29) is 46.6 Å². The number of carbonyl (C=O) groups excluding carboxylic acids is 1. The number of halogens is 5. The summed E-state index contributed by atoms with van der Waals surface area (Å²) in [6, 6.07) is 5.79. The molecule has 3 rings (SSSR count). The van der Waals surface area contributed by atoms with Crippen molar-refractivity contribution in [1.29, 1.82) is 5.26 Å². The number of alkyl carbamates (subject to hydrolysis) is 1. The molecular weight excluding hydrogens is 578 g/mol. The third kappa shape index (κ3) is 7.61. The fourth-order valence-electron chi connectivity index (χ4n) is 3.50. The molecule has 3 N–H and O–H groups in total. The number of hydrogen-bond acceptors (Lipinski definition) is 8. The quantitative estimate of drug-likeness (QED) is 0.125. The first-order valence-electron chi connectivity index (χ1n) is 11.3. The van der Waals surface area contributed by atoms with Crippen LogP contribution in [0.3, 0.4) is 0 Å². The number of guanidine groups is 1. The van der Waals surface area contributed by atoms with Gasteiger partial charge in [0.2, 0.25) is 5.96 Å². The molecule has 0 aliphatic carbocycles. The lowest BCUT2D eigenvalue weighted by Crippen LogP contribution is -2.46. The van der Waals surface area contributed by atoms with Crippen LogP contribution in [0.15, 0.2) is 53.0 Å². The number of amides is 1. The summed E-state index contributed by atoms with van der Waals surface area (Å²) in [6.45, 7) is 5.07. The molecule has 0 bridgehead atoms. The first-order chi connectivity index (χ1) is 19.0. The predicted molar refractivity (Wildman–Crippen MR) is 141 cm³/mol. The van der Waals surface area contributed by atoms with Crippen LogP contribution in [0.1, 0.15) is 24.1 Å². The van der Waals surface area contributed by atoms with E-state index in [0.29, 0.717) is 11.1 Å². The minimum atomic E-state index is -4.92. The zero-order valence-corrected chi connectivity index (χ0v) is 22.5. The minimum Gasteiger partial charge on any atom is -0.494 e. The number of benzene rings is 2. The van der Waals surface area contributed by atoms with Gasteiger partial charge in [0.25, 0.3) is 0 Å². The number of nitrogens with zero attached hydrogens (tertiary/aromatic N) is 4.